The third kappa shape index (κ3) is 3.92. The number of carbonyl (C=O) groups excluding carboxylic acids is 1. The second-order valence-electron chi connectivity index (χ2n) is 8.91. The Morgan fingerprint density at radius 3 is 2.44 bits per heavy atom. The van der Waals surface area contributed by atoms with Crippen LogP contribution in [0, 0.1) is 6.92 Å². The van der Waals surface area contributed by atoms with Crippen LogP contribution in [0.2, 0.25) is 0 Å². The topological polar surface area (TPSA) is 85.2 Å². The highest BCUT2D eigenvalue weighted by atomic mass is 32.2. The van der Waals surface area contributed by atoms with E-state index in [0.717, 1.165) is 55.4 Å². The van der Waals surface area contributed by atoms with Crippen LogP contribution in [-0.4, -0.2) is 58.6 Å². The van der Waals surface area contributed by atoms with E-state index in [-0.39, 0.29) is 23.5 Å². The van der Waals surface area contributed by atoms with Gasteiger partial charge in [0.25, 0.3) is 5.91 Å². The van der Waals surface area contributed by atoms with Gasteiger partial charge in [-0.2, -0.15) is 5.10 Å². The van der Waals surface area contributed by atoms with Crippen molar-refractivity contribution in [1.29, 1.82) is 0 Å². The fraction of sp³-hybridized carbons (Fsp3) is 0.458. The van der Waals surface area contributed by atoms with E-state index in [0.29, 0.717) is 23.3 Å². The van der Waals surface area contributed by atoms with Crippen molar-refractivity contribution >= 4 is 26.8 Å². The fourth-order valence-electron chi connectivity index (χ4n) is 4.91. The molecule has 2 aliphatic rings. The molecule has 1 amide bonds. The summed E-state index contributed by atoms with van der Waals surface area (Å²) in [6.07, 6.45) is 4.86. The number of hydrogen-bond acceptors (Lipinski definition) is 5. The maximum atomic E-state index is 13.7. The highest BCUT2D eigenvalue weighted by Gasteiger charge is 2.33. The number of aryl methyl sites for hydroxylation is 1. The van der Waals surface area contributed by atoms with Gasteiger partial charge in [0.2, 0.25) is 0 Å². The smallest absolute Gasteiger partial charge is 0.254 e. The van der Waals surface area contributed by atoms with Crippen LogP contribution in [0.3, 0.4) is 0 Å². The second-order valence-corrected chi connectivity index (χ2v) is 11.1. The predicted octanol–water partition coefficient (Wildman–Crippen LogP) is 3.78. The lowest BCUT2D eigenvalue weighted by Crippen LogP contribution is -2.32. The molecule has 0 spiro atoms. The normalized spacial score (nSPS) is 21.0. The minimum absolute atomic E-state index is 0.0122. The summed E-state index contributed by atoms with van der Waals surface area (Å²) in [5.74, 6) is 0.240. The lowest BCUT2D eigenvalue weighted by Gasteiger charge is -2.21. The number of hydrogen-bond donors (Lipinski definition) is 0. The number of sulfone groups is 1. The molecule has 2 aliphatic heterocycles. The number of nitrogens with zero attached hydrogens (tertiary/aromatic N) is 4. The minimum atomic E-state index is -3.08. The van der Waals surface area contributed by atoms with Crippen molar-refractivity contribution < 1.29 is 13.2 Å². The molecule has 1 atom stereocenters. The molecule has 2 aromatic heterocycles. The standard InChI is InChI=1S/C24H28N4O3S/c1-17-22-20(24(29)27-12-7-2-3-8-13-27)15-21(18-9-5-4-6-10-18)25-23(22)28(26-17)19-11-14-32(30,31)16-19/h4-6,9-10,15,19H,2-3,7-8,11-14,16H2,1H3/t19-/m0/s1. The number of likely N-dealkylation sites (tertiary alicyclic amines) is 1. The van der Waals surface area contributed by atoms with Gasteiger partial charge in [-0.1, -0.05) is 43.2 Å². The van der Waals surface area contributed by atoms with E-state index in [4.69, 9.17) is 10.1 Å². The van der Waals surface area contributed by atoms with E-state index in [9.17, 15) is 13.2 Å². The molecule has 0 N–H and O–H groups in total. The van der Waals surface area contributed by atoms with Crippen LogP contribution in [0.1, 0.15) is 54.2 Å². The Morgan fingerprint density at radius 2 is 1.78 bits per heavy atom. The van der Waals surface area contributed by atoms with Crippen LogP contribution in [0.25, 0.3) is 22.3 Å². The first-order valence-corrected chi connectivity index (χ1v) is 13.2. The van der Waals surface area contributed by atoms with E-state index in [1.807, 2.05) is 48.2 Å². The van der Waals surface area contributed by atoms with Gasteiger partial charge in [0.1, 0.15) is 0 Å². The third-order valence-electron chi connectivity index (χ3n) is 6.58. The predicted molar refractivity (Wildman–Crippen MR) is 124 cm³/mol. The van der Waals surface area contributed by atoms with Gasteiger partial charge < -0.3 is 4.90 Å². The van der Waals surface area contributed by atoms with E-state index in [1.54, 1.807) is 4.68 Å². The molecule has 8 heteroatoms. The van der Waals surface area contributed by atoms with Gasteiger partial charge in [-0.25, -0.2) is 18.1 Å². The molecule has 2 fully saturated rings. The molecule has 0 aliphatic carbocycles. The zero-order chi connectivity index (χ0) is 22.3. The van der Waals surface area contributed by atoms with Crippen LogP contribution in [0.4, 0.5) is 0 Å². The number of rotatable bonds is 3. The molecular weight excluding hydrogens is 424 g/mol. The highest BCUT2D eigenvalue weighted by Crippen LogP contribution is 2.32. The highest BCUT2D eigenvalue weighted by molar-refractivity contribution is 7.91. The molecular formula is C24H28N4O3S. The summed E-state index contributed by atoms with van der Waals surface area (Å²) < 4.78 is 26.0. The third-order valence-corrected chi connectivity index (χ3v) is 8.33. The summed E-state index contributed by atoms with van der Waals surface area (Å²) in [5.41, 5.74) is 3.56. The molecule has 3 aromatic rings. The lowest BCUT2D eigenvalue weighted by molar-refractivity contribution is 0.0763. The molecule has 32 heavy (non-hydrogen) atoms. The van der Waals surface area contributed by atoms with Gasteiger partial charge in [-0.15, -0.1) is 0 Å². The van der Waals surface area contributed by atoms with Crippen LogP contribution in [0.15, 0.2) is 36.4 Å². The van der Waals surface area contributed by atoms with Crippen LogP contribution in [-0.2, 0) is 9.84 Å². The average Bonchev–Trinajstić information content (AvgIpc) is 3.18. The van der Waals surface area contributed by atoms with Crippen molar-refractivity contribution in [3.8, 4) is 11.3 Å². The molecule has 5 rings (SSSR count). The number of benzene rings is 1. The molecule has 168 valence electrons. The monoisotopic (exact) mass is 452 g/mol. The summed E-state index contributed by atoms with van der Waals surface area (Å²) >= 11 is 0. The first-order chi connectivity index (χ1) is 15.4. The molecule has 2 saturated heterocycles. The Labute approximate surface area is 188 Å². The molecule has 1 aromatic carbocycles. The van der Waals surface area contributed by atoms with Crippen LogP contribution < -0.4 is 0 Å². The van der Waals surface area contributed by atoms with E-state index in [2.05, 4.69) is 0 Å². The quantitative estimate of drug-likeness (QED) is 0.604. The number of pyridine rings is 1. The van der Waals surface area contributed by atoms with Crippen LogP contribution in [0.5, 0.6) is 0 Å². The van der Waals surface area contributed by atoms with E-state index < -0.39 is 9.84 Å². The van der Waals surface area contributed by atoms with Gasteiger partial charge >= 0.3 is 0 Å². The Morgan fingerprint density at radius 1 is 1.06 bits per heavy atom. The lowest BCUT2D eigenvalue weighted by atomic mass is 10.0. The van der Waals surface area contributed by atoms with Gasteiger partial charge in [0.15, 0.2) is 15.5 Å². The molecule has 0 bridgehead atoms. The Hall–Kier alpha value is -2.74. The largest absolute Gasteiger partial charge is 0.339 e. The first-order valence-electron chi connectivity index (χ1n) is 11.4. The van der Waals surface area contributed by atoms with Gasteiger partial charge in [-0.05, 0) is 32.3 Å². The van der Waals surface area contributed by atoms with Crippen molar-refractivity contribution in [3.05, 3.63) is 47.7 Å². The zero-order valence-corrected chi connectivity index (χ0v) is 19.1. The molecule has 0 unspecified atom stereocenters. The fourth-order valence-corrected chi connectivity index (χ4v) is 6.60. The van der Waals surface area contributed by atoms with Crippen molar-refractivity contribution in [3.63, 3.8) is 0 Å². The number of aromatic nitrogens is 3. The number of carbonyl (C=O) groups is 1. The summed E-state index contributed by atoms with van der Waals surface area (Å²) in [4.78, 5) is 20.6. The molecule has 4 heterocycles. The van der Waals surface area contributed by atoms with Crippen molar-refractivity contribution in [2.45, 2.75) is 45.1 Å². The zero-order valence-electron chi connectivity index (χ0n) is 18.3. The maximum absolute atomic E-state index is 13.7. The van der Waals surface area contributed by atoms with Gasteiger partial charge in [0, 0.05) is 18.7 Å². The minimum Gasteiger partial charge on any atom is -0.339 e. The summed E-state index contributed by atoms with van der Waals surface area (Å²) in [6, 6.07) is 11.4. The molecule has 7 nitrogen and oxygen atoms in total. The van der Waals surface area contributed by atoms with Gasteiger partial charge in [-0.3, -0.25) is 4.79 Å². The Balaban J connectivity index is 1.69. The Bertz CT molecular complexity index is 1260. The number of amides is 1. The SMILES string of the molecule is Cc1nn([C@H]2CCS(=O)(=O)C2)c2nc(-c3ccccc3)cc(C(=O)N3CCCCCC3)c12. The summed E-state index contributed by atoms with van der Waals surface area (Å²) in [7, 11) is -3.08. The second kappa shape index (κ2) is 8.31. The van der Waals surface area contributed by atoms with Crippen molar-refractivity contribution in [2.24, 2.45) is 0 Å². The molecule has 0 saturated carbocycles. The first kappa shape index (κ1) is 21.1. The molecule has 0 radical (unpaired) electrons. The number of fused-ring (bicyclic) bond motifs is 1. The summed E-state index contributed by atoms with van der Waals surface area (Å²) in [6.45, 7) is 3.40. The summed E-state index contributed by atoms with van der Waals surface area (Å²) in [5, 5.41) is 5.44. The van der Waals surface area contributed by atoms with Crippen LogP contribution >= 0.6 is 0 Å². The Kier molecular flexibility index (Phi) is 5.49. The van der Waals surface area contributed by atoms with E-state index in [1.165, 1.54) is 0 Å². The average molecular weight is 453 g/mol. The van der Waals surface area contributed by atoms with Crippen molar-refractivity contribution in [1.82, 2.24) is 19.7 Å². The van der Waals surface area contributed by atoms with Crippen molar-refractivity contribution in [2.75, 3.05) is 24.6 Å². The van der Waals surface area contributed by atoms with E-state index >= 15 is 0 Å². The van der Waals surface area contributed by atoms with Gasteiger partial charge in [0.05, 0.1) is 39.9 Å². The maximum Gasteiger partial charge on any atom is 0.254 e.